The van der Waals surface area contributed by atoms with Crippen LogP contribution >= 0.6 is 0 Å². The zero-order chi connectivity index (χ0) is 13.2. The summed E-state index contributed by atoms with van der Waals surface area (Å²) in [4.78, 5) is 2.53. The van der Waals surface area contributed by atoms with Crippen molar-refractivity contribution in [1.29, 1.82) is 0 Å². The van der Waals surface area contributed by atoms with Crippen LogP contribution in [-0.2, 0) is 6.54 Å². The molecule has 2 fully saturated rings. The highest BCUT2D eigenvalue weighted by Gasteiger charge is 2.36. The number of nitrogens with zero attached hydrogens (tertiary/aromatic N) is 1. The van der Waals surface area contributed by atoms with Crippen LogP contribution in [0.25, 0.3) is 0 Å². The summed E-state index contributed by atoms with van der Waals surface area (Å²) in [5.74, 6) is 4.76. The lowest BCUT2D eigenvalue weighted by Crippen LogP contribution is -2.36. The second-order valence-electron chi connectivity index (χ2n) is 6.40. The highest BCUT2D eigenvalue weighted by atomic mass is 16.3. The maximum Gasteiger partial charge on any atom is 0.118 e. The van der Waals surface area contributed by atoms with E-state index in [1.165, 1.54) is 38.1 Å². The highest BCUT2D eigenvalue weighted by molar-refractivity contribution is 5.17. The molecule has 0 bridgehead atoms. The van der Waals surface area contributed by atoms with Gasteiger partial charge in [-0.2, -0.15) is 0 Å². The summed E-state index contributed by atoms with van der Waals surface area (Å²) in [7, 11) is 2.05. The molecule has 3 rings (SSSR count). The summed E-state index contributed by atoms with van der Waals surface area (Å²) in [6, 6.07) is 4.37. The van der Waals surface area contributed by atoms with Crippen molar-refractivity contribution in [3.05, 3.63) is 23.7 Å². The molecule has 0 spiro atoms. The van der Waals surface area contributed by atoms with Gasteiger partial charge < -0.3 is 9.73 Å². The molecule has 2 unspecified atom stereocenters. The van der Waals surface area contributed by atoms with Crippen LogP contribution in [0.4, 0.5) is 0 Å². The van der Waals surface area contributed by atoms with Crippen molar-refractivity contribution in [2.75, 3.05) is 26.7 Å². The van der Waals surface area contributed by atoms with E-state index in [0.29, 0.717) is 5.92 Å². The first kappa shape index (κ1) is 13.2. The Bertz CT molecular complexity index is 407. The maximum atomic E-state index is 6.00. The van der Waals surface area contributed by atoms with Gasteiger partial charge in [0.2, 0.25) is 0 Å². The normalized spacial score (nSPS) is 28.7. The first-order chi connectivity index (χ1) is 9.26. The first-order valence-corrected chi connectivity index (χ1v) is 7.72. The van der Waals surface area contributed by atoms with E-state index in [1.807, 2.05) is 0 Å². The number of rotatable bonds is 5. The molecule has 1 aromatic heterocycles. The zero-order valence-corrected chi connectivity index (χ0v) is 12.2. The smallest absolute Gasteiger partial charge is 0.118 e. The number of likely N-dealkylation sites (tertiary alicyclic amines) is 1. The zero-order valence-electron chi connectivity index (χ0n) is 12.2. The molecular weight excluding hydrogens is 236 g/mol. The maximum absolute atomic E-state index is 6.00. The lowest BCUT2D eigenvalue weighted by Gasteiger charge is -2.31. The lowest BCUT2D eigenvalue weighted by molar-refractivity contribution is 0.165. The molecule has 0 aromatic carbocycles. The van der Waals surface area contributed by atoms with Crippen LogP contribution in [0, 0.1) is 11.8 Å². The molecular formula is C16H26N2O. The quantitative estimate of drug-likeness (QED) is 0.884. The van der Waals surface area contributed by atoms with E-state index in [-0.39, 0.29) is 0 Å². The molecule has 1 saturated heterocycles. The predicted octanol–water partition coefficient (Wildman–Crippen LogP) is 2.83. The molecule has 106 valence electrons. The van der Waals surface area contributed by atoms with Gasteiger partial charge in [0.25, 0.3) is 0 Å². The Balaban J connectivity index is 1.48. The van der Waals surface area contributed by atoms with E-state index in [4.69, 9.17) is 4.42 Å². The van der Waals surface area contributed by atoms with Crippen molar-refractivity contribution < 1.29 is 4.42 Å². The molecule has 0 amide bonds. The van der Waals surface area contributed by atoms with Crippen LogP contribution in [0.2, 0.25) is 0 Å². The summed E-state index contributed by atoms with van der Waals surface area (Å²) in [6.45, 7) is 6.88. The number of furan rings is 1. The molecule has 0 radical (unpaired) electrons. The second-order valence-corrected chi connectivity index (χ2v) is 6.40. The van der Waals surface area contributed by atoms with Crippen LogP contribution in [0.3, 0.4) is 0 Å². The van der Waals surface area contributed by atoms with Crippen LogP contribution < -0.4 is 5.32 Å². The largest absolute Gasteiger partial charge is 0.464 e. The lowest BCUT2D eigenvalue weighted by atomic mass is 9.97. The Morgan fingerprint density at radius 1 is 1.32 bits per heavy atom. The van der Waals surface area contributed by atoms with E-state index >= 15 is 0 Å². The van der Waals surface area contributed by atoms with Crippen LogP contribution in [0.5, 0.6) is 0 Å². The molecule has 1 aromatic rings. The standard InChI is InChI=1S/C16H26N2O/c1-12-9-15(12)16-4-3-14(19-16)11-18-7-5-13(6-8-18)10-17-2/h3-4,12-13,15,17H,5-11H2,1-2H3. The third kappa shape index (κ3) is 3.21. The number of piperidine rings is 1. The van der Waals surface area contributed by atoms with Gasteiger partial charge in [0.05, 0.1) is 6.54 Å². The van der Waals surface area contributed by atoms with Crippen molar-refractivity contribution in [2.24, 2.45) is 11.8 Å². The van der Waals surface area contributed by atoms with Gasteiger partial charge in [-0.25, -0.2) is 0 Å². The number of nitrogens with one attached hydrogen (secondary N) is 1. The van der Waals surface area contributed by atoms with Crippen molar-refractivity contribution >= 4 is 0 Å². The van der Waals surface area contributed by atoms with E-state index in [1.54, 1.807) is 0 Å². The van der Waals surface area contributed by atoms with Gasteiger partial charge in [-0.3, -0.25) is 4.90 Å². The molecule has 3 heteroatoms. The van der Waals surface area contributed by atoms with Gasteiger partial charge in [-0.1, -0.05) is 6.92 Å². The van der Waals surface area contributed by atoms with Crippen LogP contribution in [0.1, 0.15) is 43.6 Å². The minimum Gasteiger partial charge on any atom is -0.464 e. The molecule has 1 N–H and O–H groups in total. The fraction of sp³-hybridized carbons (Fsp3) is 0.750. The van der Waals surface area contributed by atoms with Crippen LogP contribution in [-0.4, -0.2) is 31.6 Å². The van der Waals surface area contributed by atoms with E-state index in [2.05, 4.69) is 36.3 Å². The predicted molar refractivity (Wildman–Crippen MR) is 77.2 cm³/mol. The molecule has 1 saturated carbocycles. The van der Waals surface area contributed by atoms with Crippen molar-refractivity contribution in [3.8, 4) is 0 Å². The van der Waals surface area contributed by atoms with Gasteiger partial charge in [0.15, 0.2) is 0 Å². The minimum atomic E-state index is 0.704. The third-order valence-electron chi connectivity index (χ3n) is 4.74. The topological polar surface area (TPSA) is 28.4 Å². The summed E-state index contributed by atoms with van der Waals surface area (Å²) >= 11 is 0. The van der Waals surface area contributed by atoms with Crippen LogP contribution in [0.15, 0.2) is 16.5 Å². The monoisotopic (exact) mass is 262 g/mol. The molecule has 19 heavy (non-hydrogen) atoms. The Kier molecular flexibility index (Phi) is 3.94. The molecule has 1 aliphatic heterocycles. The summed E-state index contributed by atoms with van der Waals surface area (Å²) in [5.41, 5.74) is 0. The third-order valence-corrected chi connectivity index (χ3v) is 4.74. The SMILES string of the molecule is CNCC1CCN(Cc2ccc(C3CC3C)o2)CC1. The average molecular weight is 262 g/mol. The fourth-order valence-electron chi connectivity index (χ4n) is 3.26. The number of hydrogen-bond donors (Lipinski definition) is 1. The van der Waals surface area contributed by atoms with Crippen molar-refractivity contribution in [1.82, 2.24) is 10.2 Å². The number of hydrogen-bond acceptors (Lipinski definition) is 3. The average Bonchev–Trinajstić information content (AvgIpc) is 2.97. The summed E-state index contributed by atoms with van der Waals surface area (Å²) in [5, 5.41) is 3.29. The second kappa shape index (κ2) is 5.68. The van der Waals surface area contributed by atoms with Gasteiger partial charge in [0, 0.05) is 5.92 Å². The Labute approximate surface area is 116 Å². The molecule has 2 heterocycles. The van der Waals surface area contributed by atoms with Gasteiger partial charge >= 0.3 is 0 Å². The van der Waals surface area contributed by atoms with E-state index in [0.717, 1.165) is 30.7 Å². The van der Waals surface area contributed by atoms with Gasteiger partial charge in [0.1, 0.15) is 11.5 Å². The highest BCUT2D eigenvalue weighted by Crippen LogP contribution is 2.47. The molecule has 2 aliphatic rings. The van der Waals surface area contributed by atoms with E-state index < -0.39 is 0 Å². The Morgan fingerprint density at radius 2 is 2.05 bits per heavy atom. The van der Waals surface area contributed by atoms with Crippen molar-refractivity contribution in [3.63, 3.8) is 0 Å². The minimum absolute atomic E-state index is 0.704. The van der Waals surface area contributed by atoms with E-state index in [9.17, 15) is 0 Å². The summed E-state index contributed by atoms with van der Waals surface area (Å²) < 4.78 is 6.00. The van der Waals surface area contributed by atoms with Crippen molar-refractivity contribution in [2.45, 2.75) is 38.6 Å². The molecule has 1 aliphatic carbocycles. The molecule has 2 atom stereocenters. The fourth-order valence-corrected chi connectivity index (χ4v) is 3.26. The Morgan fingerprint density at radius 3 is 2.68 bits per heavy atom. The summed E-state index contributed by atoms with van der Waals surface area (Å²) in [6.07, 6.45) is 3.94. The Hall–Kier alpha value is -0.800. The van der Waals surface area contributed by atoms with Gasteiger partial charge in [-0.15, -0.1) is 0 Å². The molecule has 3 nitrogen and oxygen atoms in total. The van der Waals surface area contributed by atoms with Gasteiger partial charge in [-0.05, 0) is 69.9 Å². The first-order valence-electron chi connectivity index (χ1n) is 7.72.